The normalized spacial score (nSPS) is 11.9. The smallest absolute Gasteiger partial charge is 0.261 e. The summed E-state index contributed by atoms with van der Waals surface area (Å²) < 4.78 is 0. The van der Waals surface area contributed by atoms with E-state index < -0.39 is 12.0 Å². The van der Waals surface area contributed by atoms with Crippen molar-refractivity contribution in [1.82, 2.24) is 24.8 Å². The van der Waals surface area contributed by atoms with Gasteiger partial charge in [-0.1, -0.05) is 12.1 Å². The molecule has 1 aromatic carbocycles. The zero-order valence-corrected chi connectivity index (χ0v) is 19.0. The summed E-state index contributed by atoms with van der Waals surface area (Å²) in [4.78, 5) is 30.3. The van der Waals surface area contributed by atoms with Gasteiger partial charge in [-0.05, 0) is 35.9 Å². The third-order valence-electron chi connectivity index (χ3n) is 5.94. The third kappa shape index (κ3) is 4.47. The molecule has 4 aromatic heterocycles. The summed E-state index contributed by atoms with van der Waals surface area (Å²) in [7, 11) is 1.65. The number of aromatic amines is 1. The minimum atomic E-state index is -1.34. The van der Waals surface area contributed by atoms with E-state index in [9.17, 15) is 9.90 Å². The number of hydrogen-bond donors (Lipinski definition) is 2. The maximum atomic E-state index is 12.9. The molecule has 4 N–H and O–H groups in total. The molecule has 0 aliphatic rings. The van der Waals surface area contributed by atoms with Crippen molar-refractivity contribution in [2.24, 2.45) is 0 Å². The number of para-hydroxylation sites is 1. The fourth-order valence-corrected chi connectivity index (χ4v) is 4.06. The highest BCUT2D eigenvalue weighted by molar-refractivity contribution is 5.97. The zero-order valence-electron chi connectivity index (χ0n) is 19.0. The second kappa shape index (κ2) is 9.36. The van der Waals surface area contributed by atoms with Crippen LogP contribution in [0.1, 0.15) is 17.2 Å². The quantitative estimate of drug-likeness (QED) is 0.369. The molecular formula is C27H24N5O3+. The Labute approximate surface area is 201 Å². The number of rotatable bonds is 6. The highest BCUT2D eigenvalue weighted by Gasteiger charge is 2.22. The van der Waals surface area contributed by atoms with Gasteiger partial charge >= 0.3 is 0 Å². The molecule has 5 rings (SSSR count). The molecule has 5 aromatic rings. The number of carbonyl (C=O) groups is 1. The van der Waals surface area contributed by atoms with Gasteiger partial charge in [0.25, 0.3) is 11.7 Å². The van der Waals surface area contributed by atoms with Crippen LogP contribution in [-0.4, -0.2) is 48.0 Å². The number of hydrogen-bond acceptors (Lipinski definition) is 5. The van der Waals surface area contributed by atoms with Gasteiger partial charge in [0.2, 0.25) is 0 Å². The number of aliphatic hydroxyl groups excluding tert-OH is 1. The summed E-state index contributed by atoms with van der Waals surface area (Å²) in [6.07, 6.45) is 8.74. The lowest BCUT2D eigenvalue weighted by molar-refractivity contribution is -0.139. The van der Waals surface area contributed by atoms with E-state index in [4.69, 9.17) is 5.11 Å². The first-order valence-electron chi connectivity index (χ1n) is 11.1. The first-order chi connectivity index (χ1) is 17.0. The number of aromatic nitrogens is 4. The van der Waals surface area contributed by atoms with Crippen LogP contribution in [0.3, 0.4) is 0 Å². The minimum absolute atomic E-state index is 0.361. The molecular weight excluding hydrogens is 442 g/mol. The van der Waals surface area contributed by atoms with Crippen LogP contribution in [0.25, 0.3) is 33.3 Å². The highest BCUT2D eigenvalue weighted by Crippen LogP contribution is 2.35. The van der Waals surface area contributed by atoms with Crippen molar-refractivity contribution in [2.75, 3.05) is 7.05 Å². The van der Waals surface area contributed by atoms with Crippen LogP contribution in [0.5, 0.6) is 5.75 Å². The van der Waals surface area contributed by atoms with Gasteiger partial charge in [0.05, 0.1) is 5.56 Å². The molecule has 35 heavy (non-hydrogen) atoms. The zero-order chi connectivity index (χ0) is 24.4. The molecule has 8 heteroatoms. The molecule has 0 saturated heterocycles. The van der Waals surface area contributed by atoms with Crippen molar-refractivity contribution in [3.8, 4) is 28.0 Å². The fourth-order valence-electron chi connectivity index (χ4n) is 4.06. The topological polar surface area (TPSA) is 118 Å². The third-order valence-corrected chi connectivity index (χ3v) is 5.94. The molecule has 1 unspecified atom stereocenters. The standard InChI is InChI=1S/C27H23N5O3/c1-32(16-17-6-8-28-9-7-17)27(35)25(34)20-10-18(12-29-13-20)19-11-22-23(15-31-26(22)30-14-19)21-4-2-3-5-24(21)33/h2-15,25,33-34H,16H2,1H3,(H,30,31)/p+1. The lowest BCUT2D eigenvalue weighted by atomic mass is 10.0. The van der Waals surface area contributed by atoms with E-state index in [1.54, 1.807) is 44.0 Å². The van der Waals surface area contributed by atoms with Crippen LogP contribution in [0.15, 0.2) is 85.7 Å². The molecule has 0 spiro atoms. The largest absolute Gasteiger partial charge is 0.593 e. The molecule has 1 atom stereocenters. The number of aliphatic hydroxyl groups is 1. The van der Waals surface area contributed by atoms with Crippen molar-refractivity contribution in [2.45, 2.75) is 12.6 Å². The number of carbonyl (C=O) groups excluding carboxylic acids is 1. The predicted molar refractivity (Wildman–Crippen MR) is 133 cm³/mol. The van der Waals surface area contributed by atoms with Gasteiger partial charge in [0.1, 0.15) is 5.65 Å². The van der Waals surface area contributed by atoms with Crippen molar-refractivity contribution in [3.05, 3.63) is 96.8 Å². The number of nitrogens with one attached hydrogen (secondary N) is 1. The maximum Gasteiger partial charge on any atom is 0.261 e. The van der Waals surface area contributed by atoms with Crippen molar-refractivity contribution < 1.29 is 15.0 Å². The molecule has 4 heterocycles. The number of benzene rings is 1. The van der Waals surface area contributed by atoms with Crippen molar-refractivity contribution >= 4 is 16.9 Å². The summed E-state index contributed by atoms with van der Waals surface area (Å²) in [6.45, 7) is 0.361. The molecule has 0 fully saturated rings. The number of amides is 1. The van der Waals surface area contributed by atoms with E-state index in [1.165, 1.54) is 11.1 Å². The average Bonchev–Trinajstić information content (AvgIpc) is 3.32. The number of pyridine rings is 3. The Morgan fingerprint density at radius 3 is 2.60 bits per heavy atom. The summed E-state index contributed by atoms with van der Waals surface area (Å²) in [6, 6.07) is 14.8. The Morgan fingerprint density at radius 1 is 1.03 bits per heavy atom. The second-order valence-corrected chi connectivity index (χ2v) is 8.33. The molecule has 0 aliphatic heterocycles. The SMILES string of the molecule is CN(Cc1ccncc1)C(=O)C(O)c1cncc(-c2cnc3[nH]cc(-c4ccccc4[OH2+])c3c2)c1. The van der Waals surface area contributed by atoms with Crippen LogP contribution in [0.4, 0.5) is 0 Å². The van der Waals surface area contributed by atoms with Crippen LogP contribution < -0.4 is 0 Å². The first-order valence-corrected chi connectivity index (χ1v) is 11.1. The second-order valence-electron chi connectivity index (χ2n) is 8.33. The van der Waals surface area contributed by atoms with Crippen LogP contribution in [0.2, 0.25) is 0 Å². The first kappa shape index (κ1) is 22.2. The van der Waals surface area contributed by atoms with Crippen molar-refractivity contribution in [1.29, 1.82) is 0 Å². The van der Waals surface area contributed by atoms with Crippen LogP contribution in [0, 0.1) is 0 Å². The molecule has 0 saturated carbocycles. The van der Waals surface area contributed by atoms with E-state index in [0.717, 1.165) is 33.2 Å². The maximum absolute atomic E-state index is 12.9. The average molecular weight is 467 g/mol. The van der Waals surface area contributed by atoms with Gasteiger partial charge in [0, 0.05) is 84.5 Å². The molecule has 0 radical (unpaired) electrons. The van der Waals surface area contributed by atoms with Crippen LogP contribution in [-0.2, 0) is 11.3 Å². The van der Waals surface area contributed by atoms with Gasteiger partial charge in [-0.15, -0.1) is 0 Å². The summed E-state index contributed by atoms with van der Waals surface area (Å²) in [5, 5.41) is 19.9. The Hall–Kier alpha value is -4.56. The molecule has 174 valence electrons. The van der Waals surface area contributed by atoms with Gasteiger partial charge in [-0.2, -0.15) is 0 Å². The van der Waals surface area contributed by atoms with Gasteiger partial charge in [0.15, 0.2) is 6.10 Å². The van der Waals surface area contributed by atoms with E-state index in [1.807, 2.05) is 42.6 Å². The lowest BCUT2D eigenvalue weighted by Crippen LogP contribution is -2.31. The highest BCUT2D eigenvalue weighted by atomic mass is 16.3. The number of nitrogens with zero attached hydrogens (tertiary/aromatic N) is 4. The molecule has 8 nitrogen and oxygen atoms in total. The van der Waals surface area contributed by atoms with Crippen LogP contribution >= 0.6 is 0 Å². The Bertz CT molecular complexity index is 1500. The predicted octanol–water partition coefficient (Wildman–Crippen LogP) is 3.82. The monoisotopic (exact) mass is 466 g/mol. The van der Waals surface area contributed by atoms with Gasteiger partial charge in [-0.25, -0.2) is 4.98 Å². The van der Waals surface area contributed by atoms with Crippen molar-refractivity contribution in [3.63, 3.8) is 0 Å². The summed E-state index contributed by atoms with van der Waals surface area (Å²) >= 11 is 0. The van der Waals surface area contributed by atoms with Gasteiger partial charge in [-0.3, -0.25) is 14.8 Å². The minimum Gasteiger partial charge on any atom is -0.593 e. The van der Waals surface area contributed by atoms with Gasteiger partial charge < -0.3 is 20.1 Å². The van der Waals surface area contributed by atoms with E-state index >= 15 is 0 Å². The number of H-pyrrole nitrogens is 1. The van der Waals surface area contributed by atoms with E-state index in [0.29, 0.717) is 23.5 Å². The molecule has 0 bridgehead atoms. The number of likely N-dealkylation sites (N-methyl/N-ethyl adjacent to an activating group) is 1. The Morgan fingerprint density at radius 2 is 1.80 bits per heavy atom. The Balaban J connectivity index is 1.43. The Kier molecular flexibility index (Phi) is 5.95. The fraction of sp³-hybridized carbons (Fsp3) is 0.111. The molecule has 1 amide bonds. The van der Waals surface area contributed by atoms with E-state index in [2.05, 4.69) is 19.9 Å². The summed E-state index contributed by atoms with van der Waals surface area (Å²) in [5.41, 5.74) is 5.25. The summed E-state index contributed by atoms with van der Waals surface area (Å²) in [5.74, 6) is 0.00861. The molecule has 0 aliphatic carbocycles. The number of fused-ring (bicyclic) bond motifs is 1. The van der Waals surface area contributed by atoms with E-state index in [-0.39, 0.29) is 0 Å². The lowest BCUT2D eigenvalue weighted by Gasteiger charge is -2.21.